The largest absolute Gasteiger partial charge is 0.335 e. The van der Waals surface area contributed by atoms with Crippen molar-refractivity contribution in [2.75, 3.05) is 0 Å². The minimum absolute atomic E-state index is 0.167. The average Bonchev–Trinajstić information content (AvgIpc) is 3.03. The summed E-state index contributed by atoms with van der Waals surface area (Å²) in [6.07, 6.45) is 5.43. The Bertz CT molecular complexity index is 845. The number of aryl methyl sites for hydroxylation is 1. The molecule has 0 aliphatic heterocycles. The number of nitrogens with one attached hydrogen (secondary N) is 2. The smallest absolute Gasteiger partial charge is 0.321 e. The molecular formula is C20H27N5O2S. The fourth-order valence-electron chi connectivity index (χ4n) is 3.37. The van der Waals surface area contributed by atoms with E-state index < -0.39 is 11.3 Å². The monoisotopic (exact) mass is 401 g/mol. The van der Waals surface area contributed by atoms with Gasteiger partial charge >= 0.3 is 6.03 Å². The number of imide groups is 1. The van der Waals surface area contributed by atoms with Crippen LogP contribution in [0, 0.1) is 6.92 Å². The molecule has 0 bridgehead atoms. The quantitative estimate of drug-likeness (QED) is 0.750. The van der Waals surface area contributed by atoms with Crippen LogP contribution in [0.2, 0.25) is 0 Å². The van der Waals surface area contributed by atoms with Crippen molar-refractivity contribution < 1.29 is 9.59 Å². The van der Waals surface area contributed by atoms with Crippen LogP contribution in [0.5, 0.6) is 0 Å². The first-order valence-corrected chi connectivity index (χ1v) is 10.6. The van der Waals surface area contributed by atoms with E-state index in [0.717, 1.165) is 42.6 Å². The fraction of sp³-hybridized carbons (Fsp3) is 0.500. The van der Waals surface area contributed by atoms with E-state index in [2.05, 4.69) is 20.8 Å². The first-order valence-electron chi connectivity index (χ1n) is 9.69. The highest BCUT2D eigenvalue weighted by atomic mass is 32.2. The Morgan fingerprint density at radius 1 is 1.18 bits per heavy atom. The van der Waals surface area contributed by atoms with Gasteiger partial charge in [-0.3, -0.25) is 10.1 Å². The second kappa shape index (κ2) is 9.23. The number of aromatic nitrogens is 3. The summed E-state index contributed by atoms with van der Waals surface area (Å²) in [7, 11) is 1.88. The van der Waals surface area contributed by atoms with Crippen LogP contribution in [0.25, 0.3) is 11.4 Å². The minimum Gasteiger partial charge on any atom is -0.335 e. The predicted octanol–water partition coefficient (Wildman–Crippen LogP) is 3.43. The van der Waals surface area contributed by atoms with Crippen molar-refractivity contribution in [1.29, 1.82) is 0 Å². The molecule has 28 heavy (non-hydrogen) atoms. The van der Waals surface area contributed by atoms with Gasteiger partial charge in [-0.15, -0.1) is 10.2 Å². The van der Waals surface area contributed by atoms with Crippen LogP contribution < -0.4 is 10.6 Å². The highest BCUT2D eigenvalue weighted by Gasteiger charge is 2.23. The highest BCUT2D eigenvalue weighted by Crippen LogP contribution is 2.27. The van der Waals surface area contributed by atoms with E-state index in [0.29, 0.717) is 5.16 Å². The lowest BCUT2D eigenvalue weighted by atomic mass is 9.96. The average molecular weight is 402 g/mol. The lowest BCUT2D eigenvalue weighted by Gasteiger charge is -2.23. The summed E-state index contributed by atoms with van der Waals surface area (Å²) < 4.78 is 1.87. The number of carbonyl (C=O) groups is 2. The third-order valence-corrected chi connectivity index (χ3v) is 6.18. The summed E-state index contributed by atoms with van der Waals surface area (Å²) in [5.74, 6) is 0.419. The minimum atomic E-state index is -0.468. The Morgan fingerprint density at radius 3 is 2.61 bits per heavy atom. The molecule has 1 saturated carbocycles. The van der Waals surface area contributed by atoms with Crippen LogP contribution in [0.3, 0.4) is 0 Å². The van der Waals surface area contributed by atoms with Gasteiger partial charge in [-0.2, -0.15) is 0 Å². The van der Waals surface area contributed by atoms with Crippen molar-refractivity contribution in [2.45, 2.75) is 62.4 Å². The molecule has 8 heteroatoms. The molecule has 2 N–H and O–H groups in total. The Labute approximate surface area is 169 Å². The lowest BCUT2D eigenvalue weighted by Crippen LogP contribution is -2.47. The van der Waals surface area contributed by atoms with Gasteiger partial charge < -0.3 is 9.88 Å². The van der Waals surface area contributed by atoms with E-state index in [9.17, 15) is 9.59 Å². The molecule has 1 aromatic heterocycles. The summed E-state index contributed by atoms with van der Waals surface area (Å²) in [5, 5.41) is 14.0. The number of hydrogen-bond donors (Lipinski definition) is 2. The van der Waals surface area contributed by atoms with Gasteiger partial charge in [0.15, 0.2) is 11.0 Å². The number of nitrogens with zero attached hydrogens (tertiary/aromatic N) is 3. The second-order valence-electron chi connectivity index (χ2n) is 7.24. The molecule has 0 radical (unpaired) electrons. The SMILES string of the molecule is Cc1ccccc1-c1nnc(S[C@@H](C)C(=O)NC(=O)NC2CCCCC2)n1C. The van der Waals surface area contributed by atoms with Gasteiger partial charge in [0.05, 0.1) is 5.25 Å². The zero-order valence-electron chi connectivity index (χ0n) is 16.6. The predicted molar refractivity (Wildman–Crippen MR) is 110 cm³/mol. The van der Waals surface area contributed by atoms with Crippen LogP contribution >= 0.6 is 11.8 Å². The molecule has 1 atom stereocenters. The molecule has 7 nitrogen and oxygen atoms in total. The Balaban J connectivity index is 1.58. The van der Waals surface area contributed by atoms with E-state index in [1.54, 1.807) is 6.92 Å². The topological polar surface area (TPSA) is 88.9 Å². The van der Waals surface area contributed by atoms with E-state index in [-0.39, 0.29) is 11.9 Å². The van der Waals surface area contributed by atoms with Crippen molar-refractivity contribution in [3.05, 3.63) is 29.8 Å². The van der Waals surface area contributed by atoms with E-state index in [1.165, 1.54) is 18.2 Å². The normalized spacial score (nSPS) is 15.8. The maximum Gasteiger partial charge on any atom is 0.321 e. The molecule has 150 valence electrons. The van der Waals surface area contributed by atoms with Crippen molar-refractivity contribution in [3.8, 4) is 11.4 Å². The first kappa shape index (κ1) is 20.4. The second-order valence-corrected chi connectivity index (χ2v) is 8.55. The van der Waals surface area contributed by atoms with Gasteiger partial charge in [-0.1, -0.05) is 55.3 Å². The molecule has 1 aliphatic carbocycles. The van der Waals surface area contributed by atoms with Crippen LogP contribution in [0.4, 0.5) is 4.79 Å². The molecule has 2 aromatic rings. The fourth-order valence-corrected chi connectivity index (χ4v) is 4.18. The molecule has 0 saturated heterocycles. The zero-order chi connectivity index (χ0) is 20.1. The van der Waals surface area contributed by atoms with Crippen molar-refractivity contribution >= 4 is 23.7 Å². The molecule has 1 aliphatic rings. The number of urea groups is 1. The Morgan fingerprint density at radius 2 is 1.89 bits per heavy atom. The Kier molecular flexibility index (Phi) is 6.72. The standard InChI is InChI=1S/C20H27N5O2S/c1-13-9-7-8-12-16(13)17-23-24-20(25(17)3)28-14(2)18(26)22-19(27)21-15-10-5-4-6-11-15/h7-9,12,14-15H,4-6,10-11H2,1-3H3,(H2,21,22,26,27)/t14-/m0/s1. The van der Waals surface area contributed by atoms with Gasteiger partial charge in [0.25, 0.3) is 0 Å². The van der Waals surface area contributed by atoms with Crippen LogP contribution in [-0.4, -0.2) is 38.0 Å². The molecule has 1 heterocycles. The number of rotatable bonds is 5. The van der Waals surface area contributed by atoms with Crippen molar-refractivity contribution in [3.63, 3.8) is 0 Å². The third kappa shape index (κ3) is 4.92. The van der Waals surface area contributed by atoms with Gasteiger partial charge in [0.1, 0.15) is 0 Å². The van der Waals surface area contributed by atoms with Gasteiger partial charge in [0.2, 0.25) is 5.91 Å². The summed E-state index contributed by atoms with van der Waals surface area (Å²) in [6, 6.07) is 7.72. The number of benzene rings is 1. The summed E-state index contributed by atoms with van der Waals surface area (Å²) in [6.45, 7) is 3.79. The number of amides is 3. The summed E-state index contributed by atoms with van der Waals surface area (Å²) >= 11 is 1.29. The van der Waals surface area contributed by atoms with Crippen molar-refractivity contribution in [2.24, 2.45) is 7.05 Å². The Hall–Kier alpha value is -2.35. The summed E-state index contributed by atoms with van der Waals surface area (Å²) in [5.41, 5.74) is 2.12. The molecule has 0 unspecified atom stereocenters. The molecular weight excluding hydrogens is 374 g/mol. The van der Waals surface area contributed by atoms with Gasteiger partial charge in [0, 0.05) is 18.7 Å². The third-order valence-electron chi connectivity index (χ3n) is 5.05. The molecule has 3 rings (SSSR count). The van der Waals surface area contributed by atoms with Gasteiger partial charge in [-0.25, -0.2) is 4.79 Å². The maximum atomic E-state index is 12.4. The van der Waals surface area contributed by atoms with Crippen LogP contribution in [0.15, 0.2) is 29.4 Å². The molecule has 1 fully saturated rings. The first-order chi connectivity index (χ1) is 13.5. The molecule has 1 aromatic carbocycles. The van der Waals surface area contributed by atoms with Crippen LogP contribution in [-0.2, 0) is 11.8 Å². The maximum absolute atomic E-state index is 12.4. The van der Waals surface area contributed by atoms with Gasteiger partial charge in [-0.05, 0) is 32.3 Å². The number of hydrogen-bond acceptors (Lipinski definition) is 5. The summed E-state index contributed by atoms with van der Waals surface area (Å²) in [4.78, 5) is 24.5. The number of thioether (sulfide) groups is 1. The van der Waals surface area contributed by atoms with Crippen LogP contribution in [0.1, 0.15) is 44.6 Å². The van der Waals surface area contributed by atoms with E-state index in [1.807, 2.05) is 42.8 Å². The van der Waals surface area contributed by atoms with Crippen molar-refractivity contribution in [1.82, 2.24) is 25.4 Å². The molecule has 3 amide bonds. The van der Waals surface area contributed by atoms with E-state index >= 15 is 0 Å². The zero-order valence-corrected chi connectivity index (χ0v) is 17.4. The number of carbonyl (C=O) groups excluding carboxylic acids is 2. The van der Waals surface area contributed by atoms with E-state index in [4.69, 9.17) is 0 Å². The lowest BCUT2D eigenvalue weighted by molar-refractivity contribution is -0.119. The highest BCUT2D eigenvalue weighted by molar-refractivity contribution is 8.00. The molecule has 0 spiro atoms.